The summed E-state index contributed by atoms with van der Waals surface area (Å²) in [6, 6.07) is 11.8. The third-order valence-electron chi connectivity index (χ3n) is 5.92. The van der Waals surface area contributed by atoms with Gasteiger partial charge in [-0.2, -0.15) is 0 Å². The molecule has 1 fully saturated rings. The number of aryl methyl sites for hydroxylation is 1. The minimum atomic E-state index is -3.85. The van der Waals surface area contributed by atoms with Crippen LogP contribution in [0, 0.1) is 19.8 Å². The summed E-state index contributed by atoms with van der Waals surface area (Å²) in [6.45, 7) is 4.58. The van der Waals surface area contributed by atoms with Crippen molar-refractivity contribution in [2.24, 2.45) is 5.92 Å². The highest BCUT2D eigenvalue weighted by Gasteiger charge is 2.34. The van der Waals surface area contributed by atoms with Crippen LogP contribution in [0.25, 0.3) is 10.2 Å². The van der Waals surface area contributed by atoms with Gasteiger partial charge in [0, 0.05) is 30.4 Å². The van der Waals surface area contributed by atoms with E-state index < -0.39 is 10.0 Å². The molecule has 0 radical (unpaired) electrons. The molecular formula is C23H23N5O5S2. The minimum Gasteiger partial charge on any atom is -0.497 e. The fraction of sp³-hybridized carbons (Fsp3) is 0.261. The van der Waals surface area contributed by atoms with E-state index in [0.29, 0.717) is 30.0 Å². The molecule has 12 heteroatoms. The number of anilines is 3. The average molecular weight is 514 g/mol. The van der Waals surface area contributed by atoms with Crippen molar-refractivity contribution in [3.63, 3.8) is 0 Å². The Bertz CT molecular complexity index is 1510. The van der Waals surface area contributed by atoms with Crippen molar-refractivity contribution < 1.29 is 22.5 Å². The third kappa shape index (κ3) is 4.54. The highest BCUT2D eigenvalue weighted by Crippen LogP contribution is 2.34. The molecule has 1 saturated heterocycles. The van der Waals surface area contributed by atoms with Crippen LogP contribution in [-0.4, -0.2) is 44.7 Å². The normalized spacial score (nSPS) is 14.1. The number of hydrogen-bond acceptors (Lipinski definition) is 9. The molecule has 0 bridgehead atoms. The highest BCUT2D eigenvalue weighted by molar-refractivity contribution is 7.92. The van der Waals surface area contributed by atoms with Crippen molar-refractivity contribution in [3.8, 4) is 5.75 Å². The molecule has 2 aromatic heterocycles. The number of rotatable bonds is 7. The predicted molar refractivity (Wildman–Crippen MR) is 134 cm³/mol. The van der Waals surface area contributed by atoms with Crippen molar-refractivity contribution in [2.75, 3.05) is 35.1 Å². The number of carbonyl (C=O) groups excluding carboxylic acids is 1. The van der Waals surface area contributed by atoms with Crippen molar-refractivity contribution in [2.45, 2.75) is 18.7 Å². The molecule has 182 valence electrons. The number of hydrogen-bond donors (Lipinski definition) is 2. The van der Waals surface area contributed by atoms with E-state index in [1.165, 1.54) is 12.1 Å². The molecule has 3 heterocycles. The molecule has 1 aliphatic heterocycles. The van der Waals surface area contributed by atoms with E-state index in [9.17, 15) is 13.2 Å². The third-order valence-corrected chi connectivity index (χ3v) is 8.37. The van der Waals surface area contributed by atoms with Gasteiger partial charge < -0.3 is 19.5 Å². The Hall–Kier alpha value is -3.64. The summed E-state index contributed by atoms with van der Waals surface area (Å²) in [5, 5.41) is 7.48. The van der Waals surface area contributed by atoms with Crippen LogP contribution in [0.3, 0.4) is 0 Å². The summed E-state index contributed by atoms with van der Waals surface area (Å²) < 4.78 is 39.0. The Kier molecular flexibility index (Phi) is 5.85. The first kappa shape index (κ1) is 23.1. The van der Waals surface area contributed by atoms with E-state index in [1.807, 2.05) is 18.2 Å². The molecule has 35 heavy (non-hydrogen) atoms. The Morgan fingerprint density at radius 2 is 1.91 bits per heavy atom. The smallest absolute Gasteiger partial charge is 0.264 e. The first-order chi connectivity index (χ1) is 16.7. The van der Waals surface area contributed by atoms with Gasteiger partial charge >= 0.3 is 0 Å². The van der Waals surface area contributed by atoms with Crippen LogP contribution in [0.2, 0.25) is 0 Å². The van der Waals surface area contributed by atoms with Gasteiger partial charge in [-0.05, 0) is 50.2 Å². The maximum absolute atomic E-state index is 12.7. The molecule has 1 aliphatic rings. The van der Waals surface area contributed by atoms with Gasteiger partial charge in [0.25, 0.3) is 10.0 Å². The number of fused-ring (bicyclic) bond motifs is 1. The van der Waals surface area contributed by atoms with Crippen LogP contribution >= 0.6 is 11.3 Å². The first-order valence-electron chi connectivity index (χ1n) is 10.8. The molecule has 0 saturated carbocycles. The van der Waals surface area contributed by atoms with Crippen LogP contribution in [0.4, 0.5) is 16.7 Å². The molecule has 0 aliphatic carbocycles. The molecule has 10 nitrogen and oxygen atoms in total. The molecule has 0 atom stereocenters. The molecule has 4 aromatic rings. The number of ether oxygens (including phenoxy) is 1. The number of nitrogens with one attached hydrogen (secondary N) is 2. The van der Waals surface area contributed by atoms with Crippen molar-refractivity contribution >= 4 is 54.2 Å². The fourth-order valence-corrected chi connectivity index (χ4v) is 5.62. The molecule has 2 N–H and O–H groups in total. The highest BCUT2D eigenvalue weighted by atomic mass is 32.2. The lowest BCUT2D eigenvalue weighted by Crippen LogP contribution is -2.52. The van der Waals surface area contributed by atoms with Crippen molar-refractivity contribution in [1.29, 1.82) is 0 Å². The SMILES string of the molecule is COc1ccc2sc(N3CC(C(=O)Nc4ccc(S(=O)(=O)Nc5onc(C)c5C)cc4)C3)nc2c1. The van der Waals surface area contributed by atoms with Crippen LogP contribution in [0.1, 0.15) is 11.3 Å². The van der Waals surface area contributed by atoms with Gasteiger partial charge in [-0.15, -0.1) is 0 Å². The molecular weight excluding hydrogens is 490 g/mol. The van der Waals surface area contributed by atoms with E-state index in [2.05, 4.69) is 25.1 Å². The summed E-state index contributed by atoms with van der Waals surface area (Å²) in [4.78, 5) is 19.4. The second-order valence-corrected chi connectivity index (χ2v) is 11.0. The second kappa shape index (κ2) is 8.86. The number of amides is 1. The molecule has 0 spiro atoms. The number of sulfonamides is 1. The van der Waals surface area contributed by atoms with E-state index in [4.69, 9.17) is 9.26 Å². The lowest BCUT2D eigenvalue weighted by molar-refractivity contribution is -0.120. The second-order valence-electron chi connectivity index (χ2n) is 8.27. The standard InChI is InChI=1S/C23H23N5O5S2/c1-13-14(2)26-33-22(13)27-35(30,31)18-7-4-16(5-8-18)24-21(29)15-11-28(12-15)23-25-19-10-17(32-3)6-9-20(19)34-23/h4-10,15,27H,11-12H2,1-3H3,(H,24,29). The first-order valence-corrected chi connectivity index (χ1v) is 13.1. The molecule has 0 unspecified atom stereocenters. The average Bonchev–Trinajstić information content (AvgIpc) is 3.35. The van der Waals surface area contributed by atoms with Gasteiger partial charge in [0.15, 0.2) is 5.13 Å². The van der Waals surface area contributed by atoms with Gasteiger partial charge in [-0.1, -0.05) is 16.5 Å². The van der Waals surface area contributed by atoms with Crippen molar-refractivity contribution in [3.05, 3.63) is 53.7 Å². The van der Waals surface area contributed by atoms with Gasteiger partial charge in [-0.25, -0.2) is 18.1 Å². The summed E-state index contributed by atoms with van der Waals surface area (Å²) in [5.41, 5.74) is 2.62. The number of aromatic nitrogens is 2. The van der Waals surface area contributed by atoms with Gasteiger partial charge in [0.1, 0.15) is 5.75 Å². The number of carbonyl (C=O) groups is 1. The van der Waals surface area contributed by atoms with E-state index in [-0.39, 0.29) is 22.6 Å². The maximum atomic E-state index is 12.7. The predicted octanol–water partition coefficient (Wildman–Crippen LogP) is 3.79. The number of benzene rings is 2. The van der Waals surface area contributed by atoms with Crippen LogP contribution < -0.4 is 19.7 Å². The molecule has 2 aromatic carbocycles. The van der Waals surface area contributed by atoms with E-state index in [0.717, 1.165) is 21.1 Å². The van der Waals surface area contributed by atoms with E-state index >= 15 is 0 Å². The minimum absolute atomic E-state index is 0.0474. The van der Waals surface area contributed by atoms with Crippen LogP contribution in [0.5, 0.6) is 5.75 Å². The van der Waals surface area contributed by atoms with E-state index in [1.54, 1.807) is 44.4 Å². The number of thiazole rings is 1. The zero-order valence-corrected chi connectivity index (χ0v) is 20.9. The lowest BCUT2D eigenvalue weighted by Gasteiger charge is -2.37. The summed E-state index contributed by atoms with van der Waals surface area (Å²) >= 11 is 1.58. The molecule has 1 amide bonds. The van der Waals surface area contributed by atoms with Gasteiger partial charge in [-0.3, -0.25) is 4.79 Å². The zero-order chi connectivity index (χ0) is 24.7. The summed E-state index contributed by atoms with van der Waals surface area (Å²) in [5.74, 6) is 0.541. The Morgan fingerprint density at radius 3 is 2.57 bits per heavy atom. The van der Waals surface area contributed by atoms with Gasteiger partial charge in [0.05, 0.1) is 33.8 Å². The lowest BCUT2D eigenvalue weighted by atomic mass is 10.00. The largest absolute Gasteiger partial charge is 0.497 e. The quantitative estimate of drug-likeness (QED) is 0.382. The number of nitrogens with zero attached hydrogens (tertiary/aromatic N) is 3. The van der Waals surface area contributed by atoms with Crippen LogP contribution in [0.15, 0.2) is 51.9 Å². The monoisotopic (exact) mass is 513 g/mol. The fourth-order valence-electron chi connectivity index (χ4n) is 3.61. The summed E-state index contributed by atoms with van der Waals surface area (Å²) in [6.07, 6.45) is 0. The maximum Gasteiger partial charge on any atom is 0.264 e. The molecule has 5 rings (SSSR count). The van der Waals surface area contributed by atoms with Gasteiger partial charge in [0.2, 0.25) is 11.8 Å². The summed E-state index contributed by atoms with van der Waals surface area (Å²) in [7, 11) is -2.23. The zero-order valence-electron chi connectivity index (χ0n) is 19.2. The Morgan fingerprint density at radius 1 is 1.17 bits per heavy atom. The Balaban J connectivity index is 1.18. The number of methoxy groups -OCH3 is 1. The topological polar surface area (TPSA) is 127 Å². The van der Waals surface area contributed by atoms with Crippen LogP contribution in [-0.2, 0) is 14.8 Å². The van der Waals surface area contributed by atoms with Crippen molar-refractivity contribution in [1.82, 2.24) is 10.1 Å². The Labute approximate surface area is 205 Å².